The van der Waals surface area contributed by atoms with Crippen molar-refractivity contribution in [1.29, 1.82) is 0 Å². The van der Waals surface area contributed by atoms with Crippen LogP contribution < -0.4 is 9.47 Å². The summed E-state index contributed by atoms with van der Waals surface area (Å²) in [6.45, 7) is 0. The zero-order valence-electron chi connectivity index (χ0n) is 7.44. The summed E-state index contributed by atoms with van der Waals surface area (Å²) in [4.78, 5) is 10.8. The number of methoxy groups -OCH3 is 2. The van der Waals surface area contributed by atoms with Gasteiger partial charge in [-0.2, -0.15) is 0 Å². The maximum Gasteiger partial charge on any atom is 0.343 e. The second kappa shape index (κ2) is 4.10. The van der Waals surface area contributed by atoms with Crippen molar-refractivity contribution in [2.75, 3.05) is 14.2 Å². The molecule has 0 spiro atoms. The third-order valence-electron chi connectivity index (χ3n) is 1.45. The van der Waals surface area contributed by atoms with Gasteiger partial charge in [0, 0.05) is 0 Å². The largest absolute Gasteiger partial charge is 0.479 e. The minimum atomic E-state index is -1.25. The molecule has 0 aliphatic rings. The first kappa shape index (κ1) is 10.5. The molecule has 0 saturated carbocycles. The third-order valence-corrected chi connectivity index (χ3v) is 1.80. The van der Waals surface area contributed by atoms with Gasteiger partial charge >= 0.3 is 5.97 Å². The van der Waals surface area contributed by atoms with Gasteiger partial charge in [0.2, 0.25) is 5.88 Å². The van der Waals surface area contributed by atoms with E-state index in [2.05, 4.69) is 10.2 Å². The van der Waals surface area contributed by atoms with Crippen molar-refractivity contribution in [3.63, 3.8) is 0 Å². The molecule has 0 amide bonds. The molecule has 0 atom stereocenters. The molecule has 76 valence electrons. The van der Waals surface area contributed by atoms with Crippen LogP contribution in [-0.4, -0.2) is 35.5 Å². The molecular formula is C7H7ClN2O4. The number of hydrogen-bond acceptors (Lipinski definition) is 5. The zero-order valence-corrected chi connectivity index (χ0v) is 8.20. The van der Waals surface area contributed by atoms with E-state index in [0.29, 0.717) is 0 Å². The SMILES string of the molecule is COc1nnc(OC)c(C(=O)O)c1Cl. The molecular weight excluding hydrogens is 212 g/mol. The first-order valence-electron chi connectivity index (χ1n) is 3.49. The van der Waals surface area contributed by atoms with Gasteiger partial charge in [-0.05, 0) is 0 Å². The van der Waals surface area contributed by atoms with Crippen LogP contribution in [0.15, 0.2) is 0 Å². The smallest absolute Gasteiger partial charge is 0.343 e. The number of carbonyl (C=O) groups is 1. The van der Waals surface area contributed by atoms with E-state index in [1.54, 1.807) is 0 Å². The number of aromatic nitrogens is 2. The summed E-state index contributed by atoms with van der Waals surface area (Å²) in [6, 6.07) is 0. The van der Waals surface area contributed by atoms with E-state index in [1.165, 1.54) is 14.2 Å². The van der Waals surface area contributed by atoms with Crippen LogP contribution in [-0.2, 0) is 0 Å². The van der Waals surface area contributed by atoms with Gasteiger partial charge in [0.25, 0.3) is 5.88 Å². The quantitative estimate of drug-likeness (QED) is 0.810. The molecule has 0 radical (unpaired) electrons. The van der Waals surface area contributed by atoms with Crippen LogP contribution in [0.4, 0.5) is 0 Å². The van der Waals surface area contributed by atoms with Gasteiger partial charge in [-0.15, -0.1) is 10.2 Å². The second-order valence-electron chi connectivity index (χ2n) is 2.21. The van der Waals surface area contributed by atoms with Crippen molar-refractivity contribution in [2.45, 2.75) is 0 Å². The van der Waals surface area contributed by atoms with Crippen molar-refractivity contribution >= 4 is 17.6 Å². The highest BCUT2D eigenvalue weighted by Crippen LogP contribution is 2.30. The Balaban J connectivity index is 3.39. The van der Waals surface area contributed by atoms with E-state index in [0.717, 1.165) is 0 Å². The van der Waals surface area contributed by atoms with Crippen LogP contribution in [0, 0.1) is 0 Å². The van der Waals surface area contributed by atoms with Crippen LogP contribution in [0.3, 0.4) is 0 Å². The third kappa shape index (κ3) is 1.69. The standard InChI is InChI=1S/C7H7ClN2O4/c1-13-5-3(7(11)12)4(8)6(14-2)10-9-5/h1-2H3,(H,11,12). The van der Waals surface area contributed by atoms with Crippen LogP contribution in [0.1, 0.15) is 10.4 Å². The van der Waals surface area contributed by atoms with Gasteiger partial charge in [-0.1, -0.05) is 11.6 Å². The molecule has 1 aromatic heterocycles. The van der Waals surface area contributed by atoms with E-state index < -0.39 is 5.97 Å². The van der Waals surface area contributed by atoms with E-state index in [4.69, 9.17) is 26.2 Å². The molecule has 0 fully saturated rings. The fourth-order valence-electron chi connectivity index (χ4n) is 0.844. The lowest BCUT2D eigenvalue weighted by Crippen LogP contribution is -2.06. The summed E-state index contributed by atoms with van der Waals surface area (Å²) in [5.74, 6) is -1.45. The highest BCUT2D eigenvalue weighted by atomic mass is 35.5. The lowest BCUT2D eigenvalue weighted by atomic mass is 10.3. The van der Waals surface area contributed by atoms with Crippen LogP contribution in [0.5, 0.6) is 11.8 Å². The number of rotatable bonds is 3. The summed E-state index contributed by atoms with van der Waals surface area (Å²) < 4.78 is 9.40. The van der Waals surface area contributed by atoms with Gasteiger partial charge in [0.05, 0.1) is 14.2 Å². The monoisotopic (exact) mass is 218 g/mol. The van der Waals surface area contributed by atoms with Gasteiger partial charge in [-0.3, -0.25) is 0 Å². The Morgan fingerprint density at radius 2 is 1.79 bits per heavy atom. The molecule has 0 aliphatic heterocycles. The summed E-state index contributed by atoms with van der Waals surface area (Å²) in [7, 11) is 2.59. The Morgan fingerprint density at radius 3 is 2.21 bits per heavy atom. The Hall–Kier alpha value is -1.56. The van der Waals surface area contributed by atoms with Crippen molar-refractivity contribution in [2.24, 2.45) is 0 Å². The number of carboxylic acids is 1. The van der Waals surface area contributed by atoms with Gasteiger partial charge in [0.1, 0.15) is 10.6 Å². The molecule has 14 heavy (non-hydrogen) atoms. The van der Waals surface area contributed by atoms with Crippen molar-refractivity contribution in [3.05, 3.63) is 10.6 Å². The van der Waals surface area contributed by atoms with Gasteiger partial charge in [-0.25, -0.2) is 4.79 Å². The molecule has 1 N–H and O–H groups in total. The Labute approximate surface area is 84.4 Å². The molecule has 0 bridgehead atoms. The minimum absolute atomic E-state index is 0.0510. The Morgan fingerprint density at radius 1 is 1.29 bits per heavy atom. The number of carboxylic acid groups (broad SMARTS) is 1. The highest BCUT2D eigenvalue weighted by molar-refractivity contribution is 6.35. The maximum atomic E-state index is 10.8. The topological polar surface area (TPSA) is 81.5 Å². The lowest BCUT2D eigenvalue weighted by molar-refractivity contribution is 0.0691. The van der Waals surface area contributed by atoms with E-state index in [-0.39, 0.29) is 22.3 Å². The summed E-state index contributed by atoms with van der Waals surface area (Å²) >= 11 is 5.70. The van der Waals surface area contributed by atoms with Crippen LogP contribution in [0.2, 0.25) is 5.02 Å². The molecule has 0 saturated heterocycles. The molecule has 7 heteroatoms. The maximum absolute atomic E-state index is 10.8. The molecule has 0 unspecified atom stereocenters. The Bertz CT molecular complexity index is 369. The van der Waals surface area contributed by atoms with Crippen molar-refractivity contribution < 1.29 is 19.4 Å². The van der Waals surface area contributed by atoms with E-state index >= 15 is 0 Å². The van der Waals surface area contributed by atoms with E-state index in [1.807, 2.05) is 0 Å². The lowest BCUT2D eigenvalue weighted by Gasteiger charge is -2.06. The van der Waals surface area contributed by atoms with Crippen molar-refractivity contribution in [3.8, 4) is 11.8 Å². The number of hydrogen-bond donors (Lipinski definition) is 1. The summed E-state index contributed by atoms with van der Waals surface area (Å²) in [5.41, 5.74) is -0.263. The Kier molecular flexibility index (Phi) is 3.08. The van der Waals surface area contributed by atoms with Gasteiger partial charge < -0.3 is 14.6 Å². The van der Waals surface area contributed by atoms with E-state index in [9.17, 15) is 4.79 Å². The molecule has 6 nitrogen and oxygen atoms in total. The second-order valence-corrected chi connectivity index (χ2v) is 2.59. The zero-order chi connectivity index (χ0) is 10.7. The summed E-state index contributed by atoms with van der Waals surface area (Å²) in [5, 5.41) is 15.7. The first-order valence-corrected chi connectivity index (χ1v) is 3.87. The van der Waals surface area contributed by atoms with Gasteiger partial charge in [0.15, 0.2) is 0 Å². The number of halogens is 1. The predicted molar refractivity (Wildman–Crippen MR) is 47.1 cm³/mol. The predicted octanol–water partition coefficient (Wildman–Crippen LogP) is 0.845. The minimum Gasteiger partial charge on any atom is -0.479 e. The molecule has 0 aromatic carbocycles. The average molecular weight is 219 g/mol. The highest BCUT2D eigenvalue weighted by Gasteiger charge is 2.21. The molecule has 1 heterocycles. The van der Waals surface area contributed by atoms with Crippen molar-refractivity contribution in [1.82, 2.24) is 10.2 Å². The molecule has 1 rings (SSSR count). The number of nitrogens with zero attached hydrogens (tertiary/aromatic N) is 2. The normalized spacial score (nSPS) is 9.64. The molecule has 1 aromatic rings. The average Bonchev–Trinajstić information content (AvgIpc) is 2.16. The number of aromatic carboxylic acids is 1. The summed E-state index contributed by atoms with van der Waals surface area (Å²) in [6.07, 6.45) is 0. The van der Waals surface area contributed by atoms with Crippen LogP contribution in [0.25, 0.3) is 0 Å². The van der Waals surface area contributed by atoms with Crippen LogP contribution >= 0.6 is 11.6 Å². The molecule has 0 aliphatic carbocycles. The first-order chi connectivity index (χ1) is 6.61. The number of ether oxygens (including phenoxy) is 2. The fourth-order valence-corrected chi connectivity index (χ4v) is 1.12. The fraction of sp³-hybridized carbons (Fsp3) is 0.286.